The van der Waals surface area contributed by atoms with Crippen LogP contribution < -0.4 is 15.4 Å². The quantitative estimate of drug-likeness (QED) is 0.468. The first kappa shape index (κ1) is 18.9. The van der Waals surface area contributed by atoms with Crippen LogP contribution in [0.25, 0.3) is 0 Å². The van der Waals surface area contributed by atoms with Crippen molar-refractivity contribution in [1.82, 2.24) is 0 Å². The van der Waals surface area contributed by atoms with E-state index in [-0.39, 0.29) is 11.6 Å². The highest BCUT2D eigenvalue weighted by Crippen LogP contribution is 2.20. The van der Waals surface area contributed by atoms with E-state index < -0.39 is 4.92 Å². The number of methoxy groups -OCH3 is 1. The van der Waals surface area contributed by atoms with Gasteiger partial charge in [-0.2, -0.15) is 0 Å². The van der Waals surface area contributed by atoms with Gasteiger partial charge in [-0.05, 0) is 42.0 Å². The monoisotopic (exact) mass is 377 g/mol. The Balaban J connectivity index is 1.69. The summed E-state index contributed by atoms with van der Waals surface area (Å²) in [5.74, 6) is 0.472. The minimum atomic E-state index is -0.435. The zero-order chi connectivity index (χ0) is 19.9. The molecule has 3 rings (SSSR count). The number of nitro benzene ring substituents is 1. The van der Waals surface area contributed by atoms with Crippen molar-refractivity contribution in [1.29, 1.82) is 0 Å². The molecule has 142 valence electrons. The van der Waals surface area contributed by atoms with E-state index in [1.165, 1.54) is 12.1 Å². The molecule has 7 nitrogen and oxygen atoms in total. The van der Waals surface area contributed by atoms with Crippen molar-refractivity contribution in [3.63, 3.8) is 0 Å². The van der Waals surface area contributed by atoms with Crippen LogP contribution in [0.5, 0.6) is 5.75 Å². The first-order chi connectivity index (χ1) is 13.6. The number of carbonyl (C=O) groups is 1. The van der Waals surface area contributed by atoms with Gasteiger partial charge in [-0.3, -0.25) is 14.9 Å². The van der Waals surface area contributed by atoms with Gasteiger partial charge in [0, 0.05) is 30.1 Å². The molecule has 0 atom stereocenters. The minimum absolute atomic E-state index is 0.0445. The van der Waals surface area contributed by atoms with E-state index in [0.717, 1.165) is 5.56 Å². The topological polar surface area (TPSA) is 93.5 Å². The maximum absolute atomic E-state index is 12.7. The normalized spacial score (nSPS) is 10.2. The zero-order valence-electron chi connectivity index (χ0n) is 15.2. The Morgan fingerprint density at radius 3 is 2.32 bits per heavy atom. The molecule has 3 aromatic carbocycles. The second kappa shape index (κ2) is 8.68. The van der Waals surface area contributed by atoms with Gasteiger partial charge in [0.1, 0.15) is 5.75 Å². The fraction of sp³-hybridized carbons (Fsp3) is 0.0952. The number of amides is 1. The number of carbonyl (C=O) groups excluding carboxylic acids is 1. The summed E-state index contributed by atoms with van der Waals surface area (Å²) in [5.41, 5.74) is 2.75. The van der Waals surface area contributed by atoms with E-state index in [2.05, 4.69) is 10.6 Å². The van der Waals surface area contributed by atoms with Gasteiger partial charge in [0.25, 0.3) is 11.6 Å². The predicted octanol–water partition coefficient (Wildman–Crippen LogP) is 4.47. The summed E-state index contributed by atoms with van der Waals surface area (Å²) in [6.45, 7) is 0.435. The van der Waals surface area contributed by atoms with Crippen molar-refractivity contribution in [3.8, 4) is 5.75 Å². The summed E-state index contributed by atoms with van der Waals surface area (Å²) in [6, 6.07) is 20.5. The number of anilines is 2. The molecule has 0 spiro atoms. The molecule has 0 saturated heterocycles. The van der Waals surface area contributed by atoms with Crippen LogP contribution in [0.2, 0.25) is 0 Å². The number of ether oxygens (including phenoxy) is 1. The molecule has 0 aliphatic carbocycles. The highest BCUT2D eigenvalue weighted by Gasteiger charge is 2.11. The fourth-order valence-corrected chi connectivity index (χ4v) is 2.64. The Morgan fingerprint density at radius 1 is 1.00 bits per heavy atom. The van der Waals surface area contributed by atoms with Crippen LogP contribution in [0, 0.1) is 10.1 Å². The minimum Gasteiger partial charge on any atom is -0.497 e. The van der Waals surface area contributed by atoms with E-state index in [1.54, 1.807) is 55.6 Å². The average molecular weight is 377 g/mol. The molecular formula is C21H19N3O4. The number of benzene rings is 3. The molecule has 0 aliphatic heterocycles. The number of nitro groups is 1. The van der Waals surface area contributed by atoms with Gasteiger partial charge in [-0.15, -0.1) is 0 Å². The van der Waals surface area contributed by atoms with Crippen molar-refractivity contribution in [2.45, 2.75) is 6.54 Å². The van der Waals surface area contributed by atoms with Crippen LogP contribution in [0.4, 0.5) is 17.1 Å². The molecule has 1 amide bonds. The number of para-hydroxylation sites is 1. The molecule has 0 aliphatic rings. The SMILES string of the molecule is COc1ccc(NC(=O)c2ccccc2NCc2ccc([N+](=O)[O-])cc2)cc1. The van der Waals surface area contributed by atoms with Gasteiger partial charge >= 0.3 is 0 Å². The number of hydrogen-bond donors (Lipinski definition) is 2. The summed E-state index contributed by atoms with van der Waals surface area (Å²) in [4.78, 5) is 23.0. The standard InChI is InChI=1S/C21H19N3O4/c1-28-18-12-8-16(9-13-18)23-21(25)19-4-2-3-5-20(19)22-14-15-6-10-17(11-7-15)24(26)27/h2-13,22H,14H2,1H3,(H,23,25). The summed E-state index contributed by atoms with van der Waals surface area (Å²) in [5, 5.41) is 16.8. The summed E-state index contributed by atoms with van der Waals surface area (Å²) in [6.07, 6.45) is 0. The third-order valence-corrected chi connectivity index (χ3v) is 4.15. The number of hydrogen-bond acceptors (Lipinski definition) is 5. The Hall–Kier alpha value is -3.87. The molecule has 7 heteroatoms. The lowest BCUT2D eigenvalue weighted by Gasteiger charge is -2.12. The number of non-ortho nitro benzene ring substituents is 1. The molecule has 28 heavy (non-hydrogen) atoms. The van der Waals surface area contributed by atoms with Gasteiger partial charge in [-0.1, -0.05) is 24.3 Å². The number of nitrogens with zero attached hydrogens (tertiary/aromatic N) is 1. The smallest absolute Gasteiger partial charge is 0.269 e. The van der Waals surface area contributed by atoms with Crippen LogP contribution in [-0.2, 0) is 6.54 Å². The van der Waals surface area contributed by atoms with Crippen molar-refractivity contribution in [2.24, 2.45) is 0 Å². The lowest BCUT2D eigenvalue weighted by Crippen LogP contribution is -2.14. The summed E-state index contributed by atoms with van der Waals surface area (Å²) < 4.78 is 5.11. The molecular weight excluding hydrogens is 358 g/mol. The Morgan fingerprint density at radius 2 is 1.68 bits per heavy atom. The molecule has 0 unspecified atom stereocenters. The van der Waals surface area contributed by atoms with E-state index in [4.69, 9.17) is 4.74 Å². The van der Waals surface area contributed by atoms with Gasteiger partial charge in [0.15, 0.2) is 0 Å². The second-order valence-electron chi connectivity index (χ2n) is 6.01. The van der Waals surface area contributed by atoms with E-state index in [9.17, 15) is 14.9 Å². The average Bonchev–Trinajstić information content (AvgIpc) is 2.73. The third-order valence-electron chi connectivity index (χ3n) is 4.15. The highest BCUT2D eigenvalue weighted by atomic mass is 16.6. The molecule has 0 radical (unpaired) electrons. The fourth-order valence-electron chi connectivity index (χ4n) is 2.64. The van der Waals surface area contributed by atoms with E-state index in [0.29, 0.717) is 29.2 Å². The molecule has 0 heterocycles. The predicted molar refractivity (Wildman–Crippen MR) is 108 cm³/mol. The summed E-state index contributed by atoms with van der Waals surface area (Å²) >= 11 is 0. The van der Waals surface area contributed by atoms with Gasteiger partial charge in [0.2, 0.25) is 0 Å². The zero-order valence-corrected chi connectivity index (χ0v) is 15.2. The first-order valence-electron chi connectivity index (χ1n) is 8.58. The highest BCUT2D eigenvalue weighted by molar-refractivity contribution is 6.08. The maximum atomic E-state index is 12.7. The largest absolute Gasteiger partial charge is 0.497 e. The Bertz CT molecular complexity index is 970. The van der Waals surface area contributed by atoms with Crippen molar-refractivity contribution in [3.05, 3.63) is 94.0 Å². The van der Waals surface area contributed by atoms with E-state index >= 15 is 0 Å². The second-order valence-corrected chi connectivity index (χ2v) is 6.01. The Labute approximate surface area is 162 Å². The van der Waals surface area contributed by atoms with Crippen LogP contribution >= 0.6 is 0 Å². The lowest BCUT2D eigenvalue weighted by atomic mass is 10.1. The van der Waals surface area contributed by atoms with Crippen LogP contribution in [0.15, 0.2) is 72.8 Å². The van der Waals surface area contributed by atoms with Crippen molar-refractivity contribution in [2.75, 3.05) is 17.7 Å². The molecule has 0 fully saturated rings. The summed E-state index contributed by atoms with van der Waals surface area (Å²) in [7, 11) is 1.58. The van der Waals surface area contributed by atoms with E-state index in [1.807, 2.05) is 12.1 Å². The Kier molecular flexibility index (Phi) is 5.86. The number of rotatable bonds is 7. The molecule has 0 bridgehead atoms. The van der Waals surface area contributed by atoms with Crippen molar-refractivity contribution >= 4 is 23.0 Å². The van der Waals surface area contributed by atoms with Crippen molar-refractivity contribution < 1.29 is 14.5 Å². The van der Waals surface area contributed by atoms with Gasteiger partial charge in [0.05, 0.1) is 17.6 Å². The molecule has 0 saturated carbocycles. The van der Waals surface area contributed by atoms with Crippen LogP contribution in [0.1, 0.15) is 15.9 Å². The lowest BCUT2D eigenvalue weighted by molar-refractivity contribution is -0.384. The van der Waals surface area contributed by atoms with Crippen LogP contribution in [0.3, 0.4) is 0 Å². The first-order valence-corrected chi connectivity index (χ1v) is 8.58. The van der Waals surface area contributed by atoms with Gasteiger partial charge in [-0.25, -0.2) is 0 Å². The number of nitrogens with one attached hydrogen (secondary N) is 2. The van der Waals surface area contributed by atoms with Gasteiger partial charge < -0.3 is 15.4 Å². The van der Waals surface area contributed by atoms with Crippen LogP contribution in [-0.4, -0.2) is 17.9 Å². The molecule has 2 N–H and O–H groups in total. The third kappa shape index (κ3) is 4.64. The molecule has 0 aromatic heterocycles. The maximum Gasteiger partial charge on any atom is 0.269 e. The molecule has 3 aromatic rings.